The van der Waals surface area contributed by atoms with E-state index in [-0.39, 0.29) is 6.04 Å². The molecular formula is C11H18F3NO2. The summed E-state index contributed by atoms with van der Waals surface area (Å²) in [6, 6.07) is -0.238. The van der Waals surface area contributed by atoms with Crippen LogP contribution in [-0.2, 0) is 4.79 Å². The molecule has 0 spiro atoms. The second kappa shape index (κ2) is 5.71. The molecule has 100 valence electrons. The van der Waals surface area contributed by atoms with Gasteiger partial charge in [-0.25, -0.2) is 0 Å². The molecule has 0 aromatic carbocycles. The van der Waals surface area contributed by atoms with Gasteiger partial charge in [-0.05, 0) is 25.2 Å². The second-order valence-electron chi connectivity index (χ2n) is 4.66. The fourth-order valence-electron chi connectivity index (χ4n) is 2.47. The molecule has 1 rings (SSSR count). The highest BCUT2D eigenvalue weighted by Crippen LogP contribution is 2.32. The van der Waals surface area contributed by atoms with Crippen LogP contribution in [0.5, 0.6) is 0 Å². The van der Waals surface area contributed by atoms with Gasteiger partial charge in [0.2, 0.25) is 0 Å². The Morgan fingerprint density at radius 2 is 2.06 bits per heavy atom. The van der Waals surface area contributed by atoms with Crippen molar-refractivity contribution in [2.24, 2.45) is 5.92 Å². The van der Waals surface area contributed by atoms with Crippen LogP contribution in [0.2, 0.25) is 0 Å². The number of halogens is 3. The summed E-state index contributed by atoms with van der Waals surface area (Å²) in [6.45, 7) is 0.360. The third-order valence-corrected chi connectivity index (χ3v) is 3.33. The lowest BCUT2D eigenvalue weighted by Gasteiger charge is -2.28. The zero-order valence-electron chi connectivity index (χ0n) is 9.83. The van der Waals surface area contributed by atoms with Crippen LogP contribution in [-0.4, -0.2) is 41.3 Å². The number of carboxylic acid groups (broad SMARTS) is 1. The quantitative estimate of drug-likeness (QED) is 0.818. The zero-order chi connectivity index (χ0) is 13.1. The molecule has 0 aromatic rings. The van der Waals surface area contributed by atoms with Crippen molar-refractivity contribution >= 4 is 5.97 Å². The molecule has 6 heteroatoms. The molecule has 0 heterocycles. The zero-order valence-corrected chi connectivity index (χ0v) is 9.83. The van der Waals surface area contributed by atoms with Gasteiger partial charge in [-0.2, -0.15) is 13.2 Å². The fourth-order valence-corrected chi connectivity index (χ4v) is 2.47. The molecule has 1 saturated carbocycles. The summed E-state index contributed by atoms with van der Waals surface area (Å²) in [5, 5.41) is 8.66. The van der Waals surface area contributed by atoms with Crippen molar-refractivity contribution in [1.82, 2.24) is 4.90 Å². The minimum atomic E-state index is -4.33. The number of carboxylic acids is 1. The van der Waals surface area contributed by atoms with E-state index in [2.05, 4.69) is 0 Å². The Balaban J connectivity index is 2.60. The molecule has 2 atom stereocenters. The van der Waals surface area contributed by atoms with Gasteiger partial charge in [0.05, 0.1) is 13.1 Å². The van der Waals surface area contributed by atoms with E-state index in [4.69, 9.17) is 5.11 Å². The van der Waals surface area contributed by atoms with Crippen molar-refractivity contribution in [3.63, 3.8) is 0 Å². The molecule has 1 fully saturated rings. The highest BCUT2D eigenvalue weighted by molar-refractivity contribution is 5.69. The molecule has 1 N–H and O–H groups in total. The normalized spacial score (nSPS) is 25.5. The monoisotopic (exact) mass is 253 g/mol. The Hall–Kier alpha value is -0.780. The van der Waals surface area contributed by atoms with Crippen molar-refractivity contribution in [2.75, 3.05) is 13.1 Å². The third kappa shape index (κ3) is 4.93. The van der Waals surface area contributed by atoms with Crippen molar-refractivity contribution in [2.45, 2.75) is 44.8 Å². The Bertz CT molecular complexity index is 268. The van der Waals surface area contributed by atoms with Gasteiger partial charge in [0.15, 0.2) is 0 Å². The van der Waals surface area contributed by atoms with Crippen LogP contribution in [0, 0.1) is 5.92 Å². The molecule has 0 aliphatic heterocycles. The molecule has 1 aliphatic carbocycles. The first-order valence-electron chi connectivity index (χ1n) is 5.84. The van der Waals surface area contributed by atoms with Gasteiger partial charge >= 0.3 is 12.1 Å². The predicted octanol–water partition coefficient (Wildman–Crippen LogP) is 2.51. The summed E-state index contributed by atoms with van der Waals surface area (Å²) in [5.41, 5.74) is 0. The first-order valence-corrected chi connectivity index (χ1v) is 5.84. The van der Waals surface area contributed by atoms with Crippen LogP contribution in [0.3, 0.4) is 0 Å². The Morgan fingerprint density at radius 1 is 1.41 bits per heavy atom. The topological polar surface area (TPSA) is 40.5 Å². The number of carbonyl (C=O) groups is 1. The van der Waals surface area contributed by atoms with E-state index in [1.807, 2.05) is 6.92 Å². The van der Waals surface area contributed by atoms with Crippen molar-refractivity contribution in [3.8, 4) is 0 Å². The summed E-state index contributed by atoms with van der Waals surface area (Å²) >= 11 is 0. The van der Waals surface area contributed by atoms with Gasteiger partial charge < -0.3 is 5.11 Å². The van der Waals surface area contributed by atoms with E-state index in [0.717, 1.165) is 17.7 Å². The molecule has 0 radical (unpaired) electrons. The third-order valence-electron chi connectivity index (χ3n) is 3.33. The van der Waals surface area contributed by atoms with Gasteiger partial charge in [0.25, 0.3) is 0 Å². The summed E-state index contributed by atoms with van der Waals surface area (Å²) in [6.07, 6.45) is -1.14. The average molecular weight is 253 g/mol. The minimum Gasteiger partial charge on any atom is -0.480 e. The van der Waals surface area contributed by atoms with E-state index >= 15 is 0 Å². The van der Waals surface area contributed by atoms with Crippen LogP contribution in [0.1, 0.15) is 32.6 Å². The molecular weight excluding hydrogens is 235 g/mol. The predicted molar refractivity (Wildman–Crippen MR) is 56.7 cm³/mol. The van der Waals surface area contributed by atoms with Gasteiger partial charge in [0.1, 0.15) is 0 Å². The van der Waals surface area contributed by atoms with E-state index in [0.29, 0.717) is 18.8 Å². The van der Waals surface area contributed by atoms with Crippen molar-refractivity contribution in [3.05, 3.63) is 0 Å². The first kappa shape index (κ1) is 14.3. The summed E-state index contributed by atoms with van der Waals surface area (Å²) in [4.78, 5) is 11.6. The van der Waals surface area contributed by atoms with E-state index in [9.17, 15) is 18.0 Å². The van der Waals surface area contributed by atoms with Gasteiger partial charge in [-0.1, -0.05) is 13.3 Å². The molecule has 1 aliphatic rings. The number of nitrogens with zero attached hydrogens (tertiary/aromatic N) is 1. The smallest absolute Gasteiger partial charge is 0.401 e. The molecule has 2 unspecified atom stereocenters. The molecule has 0 amide bonds. The van der Waals surface area contributed by atoms with Crippen LogP contribution in [0.25, 0.3) is 0 Å². The first-order chi connectivity index (χ1) is 7.81. The van der Waals surface area contributed by atoms with Gasteiger partial charge in [-0.3, -0.25) is 9.69 Å². The SMILES string of the molecule is CCC1CCC(N(CC(=O)O)CC(F)(F)F)C1. The number of hydrogen-bond donors (Lipinski definition) is 1. The maximum absolute atomic E-state index is 12.4. The summed E-state index contributed by atoms with van der Waals surface area (Å²) < 4.78 is 37.1. The van der Waals surface area contributed by atoms with Crippen LogP contribution < -0.4 is 0 Å². The summed E-state index contributed by atoms with van der Waals surface area (Å²) in [7, 11) is 0. The maximum atomic E-state index is 12.4. The number of rotatable bonds is 5. The van der Waals surface area contributed by atoms with Crippen LogP contribution >= 0.6 is 0 Å². The van der Waals surface area contributed by atoms with Gasteiger partial charge in [0, 0.05) is 6.04 Å². The lowest BCUT2D eigenvalue weighted by atomic mass is 10.1. The van der Waals surface area contributed by atoms with Gasteiger partial charge in [-0.15, -0.1) is 0 Å². The lowest BCUT2D eigenvalue weighted by Crippen LogP contribution is -2.43. The average Bonchev–Trinajstić information content (AvgIpc) is 2.61. The molecule has 17 heavy (non-hydrogen) atoms. The summed E-state index contributed by atoms with van der Waals surface area (Å²) in [5.74, 6) is -0.765. The highest BCUT2D eigenvalue weighted by atomic mass is 19.4. The fraction of sp³-hybridized carbons (Fsp3) is 0.909. The Morgan fingerprint density at radius 3 is 2.47 bits per heavy atom. The number of alkyl halides is 3. The lowest BCUT2D eigenvalue weighted by molar-refractivity contribution is -0.158. The molecule has 3 nitrogen and oxygen atoms in total. The molecule has 0 saturated heterocycles. The van der Waals surface area contributed by atoms with Crippen molar-refractivity contribution in [1.29, 1.82) is 0 Å². The van der Waals surface area contributed by atoms with E-state index in [1.165, 1.54) is 0 Å². The minimum absolute atomic E-state index is 0.238. The van der Waals surface area contributed by atoms with E-state index in [1.54, 1.807) is 0 Å². The molecule has 0 bridgehead atoms. The standard InChI is InChI=1S/C11H18F3NO2/c1-2-8-3-4-9(5-8)15(6-10(16)17)7-11(12,13)14/h8-9H,2-7H2,1H3,(H,16,17). The Labute approximate surface area is 98.6 Å². The molecule has 0 aromatic heterocycles. The second-order valence-corrected chi connectivity index (χ2v) is 4.66. The van der Waals surface area contributed by atoms with Crippen LogP contribution in [0.4, 0.5) is 13.2 Å². The number of aliphatic carboxylic acids is 1. The van der Waals surface area contributed by atoms with E-state index < -0.39 is 25.2 Å². The maximum Gasteiger partial charge on any atom is 0.401 e. The van der Waals surface area contributed by atoms with Crippen LogP contribution in [0.15, 0.2) is 0 Å². The largest absolute Gasteiger partial charge is 0.480 e. The number of hydrogen-bond acceptors (Lipinski definition) is 2. The Kier molecular flexibility index (Phi) is 4.80. The van der Waals surface area contributed by atoms with Crippen molar-refractivity contribution < 1.29 is 23.1 Å². The highest BCUT2D eigenvalue weighted by Gasteiger charge is 2.37.